The molecule has 1 rings (SSSR count). The van der Waals surface area contributed by atoms with Crippen LogP contribution in [0.5, 0.6) is 5.75 Å². The van der Waals surface area contributed by atoms with Gasteiger partial charge in [0.25, 0.3) is 0 Å². The SMILES string of the molecule is CCNCCCC(C)Oc1cc(C)ccc1Cl. The molecule has 0 aliphatic carbocycles. The lowest BCUT2D eigenvalue weighted by molar-refractivity contribution is 0.207. The first kappa shape index (κ1) is 14.3. The van der Waals surface area contributed by atoms with Gasteiger partial charge in [-0.2, -0.15) is 0 Å². The van der Waals surface area contributed by atoms with E-state index in [1.807, 2.05) is 25.1 Å². The molecule has 3 heteroatoms. The van der Waals surface area contributed by atoms with Crippen molar-refractivity contribution in [3.63, 3.8) is 0 Å². The first-order valence-corrected chi connectivity index (χ1v) is 6.64. The molecule has 0 radical (unpaired) electrons. The molecule has 2 nitrogen and oxygen atoms in total. The van der Waals surface area contributed by atoms with Crippen LogP contribution in [0.25, 0.3) is 0 Å². The van der Waals surface area contributed by atoms with Crippen molar-refractivity contribution in [1.82, 2.24) is 5.32 Å². The zero-order valence-corrected chi connectivity index (χ0v) is 11.7. The van der Waals surface area contributed by atoms with Gasteiger partial charge in [-0.3, -0.25) is 0 Å². The summed E-state index contributed by atoms with van der Waals surface area (Å²) in [5.41, 5.74) is 1.17. The van der Waals surface area contributed by atoms with Crippen LogP contribution in [0.4, 0.5) is 0 Å². The molecular formula is C14H22ClNO. The van der Waals surface area contributed by atoms with Crippen molar-refractivity contribution < 1.29 is 4.74 Å². The highest BCUT2D eigenvalue weighted by Crippen LogP contribution is 2.26. The molecule has 0 bridgehead atoms. The predicted molar refractivity (Wildman–Crippen MR) is 74.1 cm³/mol. The predicted octanol–water partition coefficient (Wildman–Crippen LogP) is 3.81. The van der Waals surface area contributed by atoms with Crippen LogP contribution in [0.3, 0.4) is 0 Å². The maximum absolute atomic E-state index is 6.09. The number of benzene rings is 1. The van der Waals surface area contributed by atoms with E-state index in [4.69, 9.17) is 16.3 Å². The monoisotopic (exact) mass is 255 g/mol. The molecule has 0 saturated heterocycles. The normalized spacial score (nSPS) is 12.5. The number of rotatable bonds is 7. The van der Waals surface area contributed by atoms with Gasteiger partial charge in [0.1, 0.15) is 5.75 Å². The highest BCUT2D eigenvalue weighted by atomic mass is 35.5. The fourth-order valence-electron chi connectivity index (χ4n) is 1.67. The number of halogens is 1. The Hall–Kier alpha value is -0.730. The van der Waals surface area contributed by atoms with Gasteiger partial charge in [0, 0.05) is 0 Å². The Labute approximate surface area is 109 Å². The van der Waals surface area contributed by atoms with Crippen molar-refractivity contribution in [2.24, 2.45) is 0 Å². The van der Waals surface area contributed by atoms with E-state index in [1.54, 1.807) is 0 Å². The van der Waals surface area contributed by atoms with Crippen molar-refractivity contribution in [3.8, 4) is 5.75 Å². The van der Waals surface area contributed by atoms with Gasteiger partial charge in [-0.1, -0.05) is 24.6 Å². The van der Waals surface area contributed by atoms with Crippen LogP contribution in [-0.4, -0.2) is 19.2 Å². The summed E-state index contributed by atoms with van der Waals surface area (Å²) >= 11 is 6.09. The first-order chi connectivity index (χ1) is 8.13. The maximum atomic E-state index is 6.09. The molecule has 0 fully saturated rings. The third-order valence-electron chi connectivity index (χ3n) is 2.63. The number of hydrogen-bond acceptors (Lipinski definition) is 2. The Bertz CT molecular complexity index is 341. The lowest BCUT2D eigenvalue weighted by atomic mass is 10.2. The van der Waals surface area contributed by atoms with Crippen LogP contribution < -0.4 is 10.1 Å². The summed E-state index contributed by atoms with van der Waals surface area (Å²) in [7, 11) is 0. The van der Waals surface area contributed by atoms with Crippen LogP contribution in [0.1, 0.15) is 32.3 Å². The molecule has 0 amide bonds. The average Bonchev–Trinajstić information content (AvgIpc) is 2.29. The van der Waals surface area contributed by atoms with Gasteiger partial charge < -0.3 is 10.1 Å². The molecular weight excluding hydrogens is 234 g/mol. The lowest BCUT2D eigenvalue weighted by Crippen LogP contribution is -2.18. The minimum atomic E-state index is 0.202. The topological polar surface area (TPSA) is 21.3 Å². The molecule has 1 N–H and O–H groups in total. The van der Waals surface area contributed by atoms with E-state index in [1.165, 1.54) is 5.56 Å². The van der Waals surface area contributed by atoms with Crippen molar-refractivity contribution in [2.75, 3.05) is 13.1 Å². The minimum Gasteiger partial charge on any atom is -0.489 e. The maximum Gasteiger partial charge on any atom is 0.138 e. The molecule has 0 aliphatic heterocycles. The fraction of sp³-hybridized carbons (Fsp3) is 0.571. The summed E-state index contributed by atoms with van der Waals surface area (Å²) in [6.07, 6.45) is 2.36. The summed E-state index contributed by atoms with van der Waals surface area (Å²) in [5, 5.41) is 4.00. The van der Waals surface area contributed by atoms with Gasteiger partial charge in [-0.05, 0) is 57.5 Å². The lowest BCUT2D eigenvalue weighted by Gasteiger charge is -2.16. The molecule has 1 aromatic rings. The van der Waals surface area contributed by atoms with E-state index in [2.05, 4.69) is 19.2 Å². The standard InChI is InChI=1S/C14H22ClNO/c1-4-16-9-5-6-12(3)17-14-10-11(2)7-8-13(14)15/h7-8,10,12,16H,4-6,9H2,1-3H3. The quantitative estimate of drug-likeness (QED) is 0.749. The highest BCUT2D eigenvalue weighted by molar-refractivity contribution is 6.32. The molecule has 0 aromatic heterocycles. The number of nitrogens with one attached hydrogen (secondary N) is 1. The van der Waals surface area contributed by atoms with Crippen LogP contribution in [0.2, 0.25) is 5.02 Å². The Kier molecular flexibility index (Phi) is 6.38. The molecule has 0 spiro atoms. The van der Waals surface area contributed by atoms with E-state index in [0.29, 0.717) is 5.02 Å². The second kappa shape index (κ2) is 7.57. The van der Waals surface area contributed by atoms with Crippen LogP contribution in [0, 0.1) is 6.92 Å². The van der Waals surface area contributed by atoms with Gasteiger partial charge in [0.2, 0.25) is 0 Å². The Morgan fingerprint density at radius 2 is 2.18 bits per heavy atom. The van der Waals surface area contributed by atoms with E-state index in [9.17, 15) is 0 Å². The zero-order valence-electron chi connectivity index (χ0n) is 10.9. The van der Waals surface area contributed by atoms with E-state index < -0.39 is 0 Å². The van der Waals surface area contributed by atoms with Gasteiger partial charge in [-0.25, -0.2) is 0 Å². The van der Waals surface area contributed by atoms with Gasteiger partial charge in [0.05, 0.1) is 11.1 Å². The van der Waals surface area contributed by atoms with Crippen molar-refractivity contribution in [1.29, 1.82) is 0 Å². The van der Waals surface area contributed by atoms with Crippen LogP contribution in [-0.2, 0) is 0 Å². The number of hydrogen-bond donors (Lipinski definition) is 1. The summed E-state index contributed by atoms with van der Waals surface area (Å²) in [5.74, 6) is 0.794. The molecule has 96 valence electrons. The minimum absolute atomic E-state index is 0.202. The van der Waals surface area contributed by atoms with Crippen molar-refractivity contribution in [2.45, 2.75) is 39.7 Å². The Morgan fingerprint density at radius 1 is 1.41 bits per heavy atom. The van der Waals surface area contributed by atoms with Crippen molar-refractivity contribution >= 4 is 11.6 Å². The van der Waals surface area contributed by atoms with Gasteiger partial charge in [0.15, 0.2) is 0 Å². The largest absolute Gasteiger partial charge is 0.489 e. The Morgan fingerprint density at radius 3 is 2.88 bits per heavy atom. The van der Waals surface area contributed by atoms with E-state index in [-0.39, 0.29) is 6.10 Å². The summed E-state index contributed by atoms with van der Waals surface area (Å²) < 4.78 is 5.85. The third kappa shape index (κ3) is 5.42. The number of aryl methyl sites for hydroxylation is 1. The van der Waals surface area contributed by atoms with Gasteiger partial charge >= 0.3 is 0 Å². The molecule has 0 heterocycles. The van der Waals surface area contributed by atoms with Gasteiger partial charge in [-0.15, -0.1) is 0 Å². The fourth-order valence-corrected chi connectivity index (χ4v) is 1.83. The highest BCUT2D eigenvalue weighted by Gasteiger charge is 2.07. The van der Waals surface area contributed by atoms with Crippen LogP contribution in [0.15, 0.2) is 18.2 Å². The molecule has 1 unspecified atom stereocenters. The number of ether oxygens (including phenoxy) is 1. The van der Waals surface area contributed by atoms with Crippen LogP contribution >= 0.6 is 11.6 Å². The van der Waals surface area contributed by atoms with E-state index in [0.717, 1.165) is 31.7 Å². The average molecular weight is 256 g/mol. The zero-order chi connectivity index (χ0) is 12.7. The second-order valence-corrected chi connectivity index (χ2v) is 4.77. The third-order valence-corrected chi connectivity index (χ3v) is 2.94. The molecule has 1 atom stereocenters. The molecule has 17 heavy (non-hydrogen) atoms. The summed E-state index contributed by atoms with van der Waals surface area (Å²) in [6.45, 7) is 8.32. The van der Waals surface area contributed by atoms with E-state index >= 15 is 0 Å². The molecule has 1 aromatic carbocycles. The molecule has 0 saturated carbocycles. The molecule has 0 aliphatic rings. The smallest absolute Gasteiger partial charge is 0.138 e. The van der Waals surface area contributed by atoms with Crippen molar-refractivity contribution in [3.05, 3.63) is 28.8 Å². The first-order valence-electron chi connectivity index (χ1n) is 6.27. The summed E-state index contributed by atoms with van der Waals surface area (Å²) in [4.78, 5) is 0. The summed E-state index contributed by atoms with van der Waals surface area (Å²) in [6, 6.07) is 5.87. The Balaban J connectivity index is 2.39. The second-order valence-electron chi connectivity index (χ2n) is 4.36.